The molecule has 0 N–H and O–H groups in total. The molecule has 19 heavy (non-hydrogen) atoms. The summed E-state index contributed by atoms with van der Waals surface area (Å²) in [6, 6.07) is 12.7. The fourth-order valence-electron chi connectivity index (χ4n) is 1.65. The van der Waals surface area contributed by atoms with Crippen molar-refractivity contribution in [1.82, 2.24) is 0 Å². The maximum atomic E-state index is 12.8. The van der Waals surface area contributed by atoms with E-state index in [0.717, 1.165) is 4.47 Å². The molecule has 0 saturated carbocycles. The summed E-state index contributed by atoms with van der Waals surface area (Å²) < 4.78 is 19.2. The van der Waals surface area contributed by atoms with Gasteiger partial charge in [0.25, 0.3) is 0 Å². The average Bonchev–Trinajstić information content (AvgIpc) is 2.39. The van der Waals surface area contributed by atoms with Gasteiger partial charge in [0.05, 0.1) is 0 Å². The number of ketones is 1. The largest absolute Gasteiger partial charge is 0.483 e. The third kappa shape index (κ3) is 3.64. The zero-order valence-electron chi connectivity index (χ0n) is 10.3. The first-order chi connectivity index (χ1) is 9.06. The lowest BCUT2D eigenvalue weighted by Gasteiger charge is -2.13. The van der Waals surface area contributed by atoms with Gasteiger partial charge in [0, 0.05) is 10.0 Å². The molecule has 98 valence electrons. The van der Waals surface area contributed by atoms with Gasteiger partial charge in [0.2, 0.25) is 5.78 Å². The van der Waals surface area contributed by atoms with Crippen LogP contribution in [0, 0.1) is 5.82 Å². The molecule has 0 amide bonds. The Morgan fingerprint density at radius 2 is 1.89 bits per heavy atom. The minimum Gasteiger partial charge on any atom is -0.483 e. The molecule has 4 heteroatoms. The van der Waals surface area contributed by atoms with Crippen LogP contribution in [0.5, 0.6) is 5.75 Å². The topological polar surface area (TPSA) is 26.3 Å². The van der Waals surface area contributed by atoms with Gasteiger partial charge in [0.1, 0.15) is 11.6 Å². The highest BCUT2D eigenvalue weighted by molar-refractivity contribution is 9.10. The van der Waals surface area contributed by atoms with Crippen molar-refractivity contribution in [2.45, 2.75) is 13.0 Å². The van der Waals surface area contributed by atoms with Gasteiger partial charge in [-0.1, -0.05) is 22.0 Å². The van der Waals surface area contributed by atoms with Crippen LogP contribution in [0.3, 0.4) is 0 Å². The molecule has 0 fully saturated rings. The number of benzene rings is 2. The number of carbonyl (C=O) groups excluding carboxylic acids is 1. The average molecular weight is 323 g/mol. The fraction of sp³-hybridized carbons (Fsp3) is 0.133. The number of halogens is 2. The van der Waals surface area contributed by atoms with E-state index in [9.17, 15) is 9.18 Å². The number of carbonyl (C=O) groups is 1. The summed E-state index contributed by atoms with van der Waals surface area (Å²) in [6.07, 6.45) is -0.625. The van der Waals surface area contributed by atoms with Crippen LogP contribution in [0.1, 0.15) is 17.3 Å². The monoisotopic (exact) mass is 322 g/mol. The van der Waals surface area contributed by atoms with Crippen LogP contribution in [-0.4, -0.2) is 11.9 Å². The van der Waals surface area contributed by atoms with E-state index in [1.807, 2.05) is 12.1 Å². The molecule has 0 heterocycles. The molecule has 0 radical (unpaired) electrons. The van der Waals surface area contributed by atoms with Gasteiger partial charge in [-0.25, -0.2) is 4.39 Å². The van der Waals surface area contributed by atoms with Crippen LogP contribution in [0.15, 0.2) is 53.0 Å². The Balaban J connectivity index is 2.09. The van der Waals surface area contributed by atoms with Crippen molar-refractivity contribution < 1.29 is 13.9 Å². The summed E-state index contributed by atoms with van der Waals surface area (Å²) in [5, 5.41) is 0. The van der Waals surface area contributed by atoms with Crippen molar-refractivity contribution in [3.8, 4) is 5.75 Å². The summed E-state index contributed by atoms with van der Waals surface area (Å²) in [7, 11) is 0. The van der Waals surface area contributed by atoms with Gasteiger partial charge in [-0.05, 0) is 49.4 Å². The van der Waals surface area contributed by atoms with Crippen molar-refractivity contribution in [2.24, 2.45) is 0 Å². The van der Waals surface area contributed by atoms with Crippen molar-refractivity contribution in [3.63, 3.8) is 0 Å². The first kappa shape index (κ1) is 13.7. The van der Waals surface area contributed by atoms with E-state index in [2.05, 4.69) is 15.9 Å². The molecule has 2 aromatic rings. The molecule has 0 aliphatic rings. The molecule has 0 bridgehead atoms. The number of ether oxygens (including phenoxy) is 1. The quantitative estimate of drug-likeness (QED) is 0.787. The highest BCUT2D eigenvalue weighted by Crippen LogP contribution is 2.20. The minimum atomic E-state index is -0.625. The molecule has 1 atom stereocenters. The SMILES string of the molecule is C[C@H](Oc1cccc(Br)c1)C(=O)c1ccc(F)cc1. The number of hydrogen-bond donors (Lipinski definition) is 0. The minimum absolute atomic E-state index is 0.181. The van der Waals surface area contributed by atoms with Gasteiger partial charge in [-0.15, -0.1) is 0 Å². The second-order valence-electron chi connectivity index (χ2n) is 4.09. The first-order valence-corrected chi connectivity index (χ1v) is 6.57. The van der Waals surface area contributed by atoms with E-state index >= 15 is 0 Å². The Bertz CT molecular complexity index is 581. The molecule has 0 aliphatic carbocycles. The summed E-state index contributed by atoms with van der Waals surface area (Å²) in [6.45, 7) is 1.67. The lowest BCUT2D eigenvalue weighted by molar-refractivity contribution is 0.0818. The summed E-state index contributed by atoms with van der Waals surface area (Å²) in [5.41, 5.74) is 0.434. The number of hydrogen-bond acceptors (Lipinski definition) is 2. The molecule has 0 aliphatic heterocycles. The maximum absolute atomic E-state index is 12.8. The Hall–Kier alpha value is -1.68. The summed E-state index contributed by atoms with van der Waals surface area (Å²) in [5.74, 6) is 0.0643. The molecule has 0 saturated heterocycles. The third-order valence-electron chi connectivity index (χ3n) is 2.61. The van der Waals surface area contributed by atoms with Crippen molar-refractivity contribution in [1.29, 1.82) is 0 Å². The van der Waals surface area contributed by atoms with E-state index in [4.69, 9.17) is 4.74 Å². The zero-order chi connectivity index (χ0) is 13.8. The van der Waals surface area contributed by atoms with Gasteiger partial charge < -0.3 is 4.74 Å². The first-order valence-electron chi connectivity index (χ1n) is 5.78. The molecule has 2 nitrogen and oxygen atoms in total. The molecular weight excluding hydrogens is 311 g/mol. The second kappa shape index (κ2) is 5.97. The number of rotatable bonds is 4. The van der Waals surface area contributed by atoms with Crippen LogP contribution in [0.25, 0.3) is 0 Å². The van der Waals surface area contributed by atoms with Crippen LogP contribution < -0.4 is 4.74 Å². The standard InChI is InChI=1S/C15H12BrFO2/c1-10(19-14-4-2-3-12(16)9-14)15(18)11-5-7-13(17)8-6-11/h2-10H,1H3/t10-/m0/s1. The van der Waals surface area contributed by atoms with Crippen LogP contribution in [0.4, 0.5) is 4.39 Å². The summed E-state index contributed by atoms with van der Waals surface area (Å²) in [4.78, 5) is 12.1. The molecule has 2 rings (SSSR count). The maximum Gasteiger partial charge on any atom is 0.202 e. The van der Waals surface area contributed by atoms with E-state index in [-0.39, 0.29) is 11.6 Å². The smallest absolute Gasteiger partial charge is 0.202 e. The molecule has 2 aromatic carbocycles. The summed E-state index contributed by atoms with van der Waals surface area (Å²) >= 11 is 3.34. The Morgan fingerprint density at radius 3 is 2.53 bits per heavy atom. The highest BCUT2D eigenvalue weighted by Gasteiger charge is 2.16. The van der Waals surface area contributed by atoms with E-state index in [1.165, 1.54) is 24.3 Å². The van der Waals surface area contributed by atoms with Crippen molar-refractivity contribution in [3.05, 3.63) is 64.4 Å². The van der Waals surface area contributed by atoms with Crippen LogP contribution in [0.2, 0.25) is 0 Å². The van der Waals surface area contributed by atoms with Gasteiger partial charge in [0.15, 0.2) is 6.10 Å². The Morgan fingerprint density at radius 1 is 1.21 bits per heavy atom. The van der Waals surface area contributed by atoms with Crippen LogP contribution >= 0.6 is 15.9 Å². The predicted octanol–water partition coefficient (Wildman–Crippen LogP) is 4.24. The Kier molecular flexibility index (Phi) is 4.32. The number of Topliss-reactive ketones (excluding diaryl/α,β-unsaturated/α-hetero) is 1. The lowest BCUT2D eigenvalue weighted by atomic mass is 10.1. The molecule has 0 spiro atoms. The lowest BCUT2D eigenvalue weighted by Crippen LogP contribution is -2.23. The molecule has 0 unspecified atom stereocenters. The van der Waals surface area contributed by atoms with Gasteiger partial charge in [-0.2, -0.15) is 0 Å². The Labute approximate surface area is 119 Å². The van der Waals surface area contributed by atoms with E-state index in [0.29, 0.717) is 11.3 Å². The third-order valence-corrected chi connectivity index (χ3v) is 3.10. The van der Waals surface area contributed by atoms with E-state index in [1.54, 1.807) is 19.1 Å². The zero-order valence-corrected chi connectivity index (χ0v) is 11.9. The predicted molar refractivity (Wildman–Crippen MR) is 75.0 cm³/mol. The van der Waals surface area contributed by atoms with Gasteiger partial charge >= 0.3 is 0 Å². The van der Waals surface area contributed by atoms with E-state index < -0.39 is 6.10 Å². The van der Waals surface area contributed by atoms with Crippen molar-refractivity contribution in [2.75, 3.05) is 0 Å². The van der Waals surface area contributed by atoms with Gasteiger partial charge in [-0.3, -0.25) is 4.79 Å². The van der Waals surface area contributed by atoms with Crippen LogP contribution in [-0.2, 0) is 0 Å². The van der Waals surface area contributed by atoms with Crippen molar-refractivity contribution >= 4 is 21.7 Å². The molecule has 0 aromatic heterocycles. The fourth-order valence-corrected chi connectivity index (χ4v) is 2.03. The second-order valence-corrected chi connectivity index (χ2v) is 5.00. The normalized spacial score (nSPS) is 11.9. The highest BCUT2D eigenvalue weighted by atomic mass is 79.9. The molecular formula is C15H12BrFO2.